The van der Waals surface area contributed by atoms with Gasteiger partial charge in [0.25, 0.3) is 0 Å². The predicted octanol–water partition coefficient (Wildman–Crippen LogP) is 2.99. The molecule has 0 fully saturated rings. The summed E-state index contributed by atoms with van der Waals surface area (Å²) < 4.78 is 54.4. The first kappa shape index (κ1) is 22.9. The van der Waals surface area contributed by atoms with Crippen LogP contribution in [0.3, 0.4) is 0 Å². The summed E-state index contributed by atoms with van der Waals surface area (Å²) in [7, 11) is -1.28. The first-order valence-corrected chi connectivity index (χ1v) is 11.8. The van der Waals surface area contributed by atoms with Gasteiger partial charge in [0.15, 0.2) is 0 Å². The second-order valence-electron chi connectivity index (χ2n) is 5.65. The second kappa shape index (κ2) is 10.4. The van der Waals surface area contributed by atoms with Crippen molar-refractivity contribution in [1.29, 1.82) is 0 Å². The Hall–Kier alpha value is -1.42. The summed E-state index contributed by atoms with van der Waals surface area (Å²) in [6.07, 6.45) is 2.40. The standard InChI is InChI=1S/C14H24N4O8P2/c1-21-27(19,22-2)9-13-17-15-11(25-13)7-5-6-8-12-16-18-14(26-12)10-28(20,23-3)24-4/h5-10H2,1-4H3. The van der Waals surface area contributed by atoms with Crippen molar-refractivity contribution in [3.05, 3.63) is 23.6 Å². The van der Waals surface area contributed by atoms with Crippen molar-refractivity contribution in [3.63, 3.8) is 0 Å². The number of hydrogen-bond acceptors (Lipinski definition) is 12. The maximum Gasteiger partial charge on any atom is 0.339 e. The zero-order chi connectivity index (χ0) is 20.6. The third-order valence-electron chi connectivity index (χ3n) is 3.82. The van der Waals surface area contributed by atoms with Crippen molar-refractivity contribution in [1.82, 2.24) is 20.4 Å². The van der Waals surface area contributed by atoms with Crippen LogP contribution in [0.2, 0.25) is 0 Å². The smallest absolute Gasteiger partial charge is 0.339 e. The zero-order valence-electron chi connectivity index (χ0n) is 16.2. The summed E-state index contributed by atoms with van der Waals surface area (Å²) in [6.45, 7) is 0. The van der Waals surface area contributed by atoms with Crippen molar-refractivity contribution in [2.24, 2.45) is 0 Å². The molecular formula is C14H24N4O8P2. The largest absolute Gasteiger partial charge is 0.425 e. The minimum absolute atomic E-state index is 0.0788. The third-order valence-corrected chi connectivity index (χ3v) is 7.36. The molecule has 0 radical (unpaired) electrons. The fourth-order valence-electron chi connectivity index (χ4n) is 2.20. The van der Waals surface area contributed by atoms with Gasteiger partial charge in [0, 0.05) is 41.3 Å². The highest BCUT2D eigenvalue weighted by atomic mass is 31.2. The maximum atomic E-state index is 12.0. The van der Waals surface area contributed by atoms with E-state index in [2.05, 4.69) is 20.4 Å². The van der Waals surface area contributed by atoms with Gasteiger partial charge in [0.2, 0.25) is 23.6 Å². The first-order valence-electron chi connectivity index (χ1n) is 8.39. The molecule has 2 rings (SSSR count). The average molecular weight is 438 g/mol. The van der Waals surface area contributed by atoms with Gasteiger partial charge < -0.3 is 26.9 Å². The van der Waals surface area contributed by atoms with Gasteiger partial charge in [-0.25, -0.2) is 0 Å². The van der Waals surface area contributed by atoms with Crippen LogP contribution in [0, 0.1) is 0 Å². The maximum absolute atomic E-state index is 12.0. The predicted molar refractivity (Wildman–Crippen MR) is 95.9 cm³/mol. The van der Waals surface area contributed by atoms with Crippen LogP contribution in [-0.2, 0) is 52.4 Å². The molecule has 0 aliphatic carbocycles. The SMILES string of the molecule is COP(=O)(Cc1nnc(CCCCc2nnc(CP(=O)(OC)OC)o2)o1)OC. The van der Waals surface area contributed by atoms with Gasteiger partial charge in [0.05, 0.1) is 0 Å². The first-order chi connectivity index (χ1) is 13.3. The van der Waals surface area contributed by atoms with Crippen LogP contribution in [0.5, 0.6) is 0 Å². The summed E-state index contributed by atoms with van der Waals surface area (Å²) in [5.74, 6) is 1.26. The van der Waals surface area contributed by atoms with Crippen molar-refractivity contribution >= 4 is 15.2 Å². The summed E-state index contributed by atoms with van der Waals surface area (Å²) >= 11 is 0. The van der Waals surface area contributed by atoms with Gasteiger partial charge in [-0.1, -0.05) is 0 Å². The molecule has 0 saturated carbocycles. The van der Waals surface area contributed by atoms with Crippen LogP contribution in [0.25, 0.3) is 0 Å². The molecule has 2 heterocycles. The molecule has 0 atom stereocenters. The van der Waals surface area contributed by atoms with Gasteiger partial charge in [-0.3, -0.25) is 9.13 Å². The van der Waals surface area contributed by atoms with Crippen LogP contribution in [0.1, 0.15) is 36.4 Å². The van der Waals surface area contributed by atoms with E-state index in [4.69, 9.17) is 26.9 Å². The zero-order valence-corrected chi connectivity index (χ0v) is 18.0. The summed E-state index contributed by atoms with van der Waals surface area (Å²) in [5, 5.41) is 15.5. The van der Waals surface area contributed by atoms with Crippen LogP contribution < -0.4 is 0 Å². The Morgan fingerprint density at radius 1 is 0.643 bits per heavy atom. The molecule has 0 spiro atoms. The van der Waals surface area contributed by atoms with E-state index in [1.54, 1.807) is 0 Å². The summed E-state index contributed by atoms with van der Waals surface area (Å²) in [5.41, 5.74) is 0. The molecule has 0 amide bonds. The minimum Gasteiger partial charge on any atom is -0.425 e. The highest BCUT2D eigenvalue weighted by molar-refractivity contribution is 7.53. The molecule has 0 aromatic carbocycles. The lowest BCUT2D eigenvalue weighted by Crippen LogP contribution is -1.93. The molecule has 0 saturated heterocycles. The van der Waals surface area contributed by atoms with Crippen LogP contribution in [0.15, 0.2) is 8.83 Å². The molecule has 28 heavy (non-hydrogen) atoms. The van der Waals surface area contributed by atoms with Gasteiger partial charge in [-0.05, 0) is 12.8 Å². The number of aryl methyl sites for hydroxylation is 2. The van der Waals surface area contributed by atoms with Crippen LogP contribution >= 0.6 is 15.2 Å². The van der Waals surface area contributed by atoms with E-state index in [0.717, 1.165) is 12.8 Å². The summed E-state index contributed by atoms with van der Waals surface area (Å²) in [4.78, 5) is 0. The Morgan fingerprint density at radius 2 is 0.964 bits per heavy atom. The van der Waals surface area contributed by atoms with Crippen molar-refractivity contribution in [2.45, 2.75) is 38.0 Å². The van der Waals surface area contributed by atoms with E-state index in [1.165, 1.54) is 28.4 Å². The van der Waals surface area contributed by atoms with Crippen molar-refractivity contribution < 1.29 is 36.1 Å². The molecule has 0 bridgehead atoms. The molecule has 0 aliphatic rings. The third kappa shape index (κ3) is 6.58. The topological polar surface area (TPSA) is 149 Å². The number of aromatic nitrogens is 4. The van der Waals surface area contributed by atoms with Crippen LogP contribution in [-0.4, -0.2) is 48.8 Å². The molecule has 0 aliphatic heterocycles. The Bertz CT molecular complexity index is 755. The monoisotopic (exact) mass is 438 g/mol. The van der Waals surface area contributed by atoms with Gasteiger partial charge in [-0.15, -0.1) is 20.4 Å². The highest BCUT2D eigenvalue weighted by Gasteiger charge is 2.26. The highest BCUT2D eigenvalue weighted by Crippen LogP contribution is 2.50. The molecule has 0 N–H and O–H groups in total. The average Bonchev–Trinajstić information content (AvgIpc) is 3.34. The van der Waals surface area contributed by atoms with E-state index in [-0.39, 0.29) is 24.1 Å². The fourth-order valence-corrected chi connectivity index (χ4v) is 3.93. The minimum atomic E-state index is -3.24. The molecule has 0 unspecified atom stereocenters. The number of hydrogen-bond donors (Lipinski definition) is 0. The van der Waals surface area contributed by atoms with E-state index in [1.807, 2.05) is 0 Å². The number of rotatable bonds is 13. The van der Waals surface area contributed by atoms with Crippen LogP contribution in [0.4, 0.5) is 0 Å². The van der Waals surface area contributed by atoms with Gasteiger partial charge in [-0.2, -0.15) is 0 Å². The molecule has 12 nitrogen and oxygen atoms in total. The second-order valence-corrected chi connectivity index (χ2v) is 10.2. The molecule has 2 aromatic rings. The Morgan fingerprint density at radius 3 is 1.29 bits per heavy atom. The Kier molecular flexibility index (Phi) is 8.48. The molecule has 2 aromatic heterocycles. The quantitative estimate of drug-likeness (QED) is 0.334. The normalized spacial score (nSPS) is 12.6. The van der Waals surface area contributed by atoms with E-state index < -0.39 is 15.2 Å². The number of unbranched alkanes of at least 4 members (excludes halogenated alkanes) is 1. The molecule has 158 valence electrons. The molecular weight excluding hydrogens is 414 g/mol. The Labute approximate surface area is 162 Å². The molecule has 14 heteroatoms. The van der Waals surface area contributed by atoms with E-state index in [9.17, 15) is 9.13 Å². The van der Waals surface area contributed by atoms with Gasteiger partial charge >= 0.3 is 15.2 Å². The summed E-state index contributed by atoms with van der Waals surface area (Å²) in [6, 6.07) is 0. The lowest BCUT2D eigenvalue weighted by atomic mass is 10.2. The van der Waals surface area contributed by atoms with Crippen molar-refractivity contribution in [2.75, 3.05) is 28.4 Å². The van der Waals surface area contributed by atoms with E-state index >= 15 is 0 Å². The fraction of sp³-hybridized carbons (Fsp3) is 0.714. The number of nitrogens with zero attached hydrogens (tertiary/aromatic N) is 4. The van der Waals surface area contributed by atoms with E-state index in [0.29, 0.717) is 24.6 Å². The van der Waals surface area contributed by atoms with Gasteiger partial charge in [0.1, 0.15) is 12.3 Å². The van der Waals surface area contributed by atoms with Crippen molar-refractivity contribution in [3.8, 4) is 0 Å². The lowest BCUT2D eigenvalue weighted by Gasteiger charge is -2.10. The lowest BCUT2D eigenvalue weighted by molar-refractivity contribution is 0.269. The Balaban J connectivity index is 1.76.